The molecule has 0 spiro atoms. The molecule has 1 amide bonds. The summed E-state index contributed by atoms with van der Waals surface area (Å²) in [5.41, 5.74) is 8.03. The van der Waals surface area contributed by atoms with Gasteiger partial charge in [0.1, 0.15) is 5.69 Å². The zero-order valence-corrected chi connectivity index (χ0v) is 11.5. The predicted octanol–water partition coefficient (Wildman–Crippen LogP) is 1.81. The third-order valence-corrected chi connectivity index (χ3v) is 3.51. The molecule has 5 heteroatoms. The van der Waals surface area contributed by atoms with Crippen LogP contribution in [0.3, 0.4) is 0 Å². The maximum atomic E-state index is 12.5. The lowest BCUT2D eigenvalue weighted by Crippen LogP contribution is -2.33. The van der Waals surface area contributed by atoms with E-state index in [0.717, 1.165) is 24.1 Å². The van der Waals surface area contributed by atoms with Crippen molar-refractivity contribution in [2.45, 2.75) is 25.4 Å². The molecular weight excluding hydrogens is 252 g/mol. The molecule has 1 aromatic carbocycles. The van der Waals surface area contributed by atoms with Gasteiger partial charge < -0.3 is 10.6 Å². The molecule has 1 aromatic heterocycles. The lowest BCUT2D eigenvalue weighted by atomic mass is 10.2. The van der Waals surface area contributed by atoms with Gasteiger partial charge in [-0.2, -0.15) is 5.10 Å². The van der Waals surface area contributed by atoms with Gasteiger partial charge in [-0.05, 0) is 36.6 Å². The number of benzene rings is 1. The van der Waals surface area contributed by atoms with Crippen molar-refractivity contribution in [3.05, 3.63) is 47.8 Å². The first-order valence-corrected chi connectivity index (χ1v) is 6.78. The first-order valence-electron chi connectivity index (χ1n) is 6.78. The van der Waals surface area contributed by atoms with Crippen molar-refractivity contribution in [3.63, 3.8) is 0 Å². The van der Waals surface area contributed by atoms with Crippen LogP contribution in [-0.2, 0) is 13.6 Å². The van der Waals surface area contributed by atoms with E-state index in [1.807, 2.05) is 36.2 Å². The van der Waals surface area contributed by atoms with Gasteiger partial charge in [0.15, 0.2) is 0 Å². The van der Waals surface area contributed by atoms with Crippen LogP contribution in [0.5, 0.6) is 0 Å². The van der Waals surface area contributed by atoms with E-state index >= 15 is 0 Å². The molecule has 20 heavy (non-hydrogen) atoms. The highest BCUT2D eigenvalue weighted by Crippen LogP contribution is 2.29. The summed E-state index contributed by atoms with van der Waals surface area (Å²) in [4.78, 5) is 14.4. The van der Waals surface area contributed by atoms with Crippen LogP contribution in [0.2, 0.25) is 0 Å². The molecule has 3 rings (SSSR count). The number of aryl methyl sites for hydroxylation is 1. The largest absolute Gasteiger partial charge is 0.399 e. The van der Waals surface area contributed by atoms with Crippen LogP contribution in [0.25, 0.3) is 0 Å². The summed E-state index contributed by atoms with van der Waals surface area (Å²) in [5, 5.41) is 4.20. The smallest absolute Gasteiger partial charge is 0.274 e. The Labute approximate surface area is 118 Å². The van der Waals surface area contributed by atoms with E-state index in [1.165, 1.54) is 0 Å². The minimum Gasteiger partial charge on any atom is -0.399 e. The second-order valence-electron chi connectivity index (χ2n) is 5.28. The maximum absolute atomic E-state index is 12.5. The molecule has 2 N–H and O–H groups in total. The van der Waals surface area contributed by atoms with Crippen LogP contribution in [0, 0.1) is 0 Å². The second kappa shape index (κ2) is 5.00. The average Bonchev–Trinajstić information content (AvgIpc) is 3.19. The number of anilines is 1. The summed E-state index contributed by atoms with van der Waals surface area (Å²) in [6.45, 7) is 0.611. The molecule has 0 unspecified atom stereocenters. The number of aromatic nitrogens is 2. The van der Waals surface area contributed by atoms with Crippen molar-refractivity contribution >= 4 is 11.6 Å². The zero-order valence-electron chi connectivity index (χ0n) is 11.5. The number of nitrogens with zero attached hydrogens (tertiary/aromatic N) is 3. The molecule has 1 aliphatic rings. The number of carbonyl (C=O) groups excluding carboxylic acids is 1. The molecule has 1 aliphatic carbocycles. The summed E-state index contributed by atoms with van der Waals surface area (Å²) >= 11 is 0. The number of nitrogen functional groups attached to an aromatic ring is 1. The average molecular weight is 270 g/mol. The highest BCUT2D eigenvalue weighted by Gasteiger charge is 2.33. The molecule has 1 fully saturated rings. The van der Waals surface area contributed by atoms with Crippen LogP contribution < -0.4 is 5.73 Å². The van der Waals surface area contributed by atoms with E-state index in [0.29, 0.717) is 18.3 Å². The maximum Gasteiger partial charge on any atom is 0.274 e. The number of nitrogens with two attached hydrogens (primary N) is 1. The molecular formula is C15H18N4O. The van der Waals surface area contributed by atoms with Crippen LogP contribution in [0.1, 0.15) is 28.9 Å². The fourth-order valence-corrected chi connectivity index (χ4v) is 2.25. The first-order chi connectivity index (χ1) is 9.63. The fourth-order valence-electron chi connectivity index (χ4n) is 2.25. The van der Waals surface area contributed by atoms with Crippen LogP contribution in [0.4, 0.5) is 5.69 Å². The quantitative estimate of drug-likeness (QED) is 0.862. The number of carbonyl (C=O) groups is 1. The number of amides is 1. The van der Waals surface area contributed by atoms with Crippen molar-refractivity contribution in [1.82, 2.24) is 14.7 Å². The van der Waals surface area contributed by atoms with E-state index in [9.17, 15) is 4.79 Å². The molecule has 5 nitrogen and oxygen atoms in total. The van der Waals surface area contributed by atoms with E-state index in [2.05, 4.69) is 5.10 Å². The van der Waals surface area contributed by atoms with Crippen molar-refractivity contribution in [2.75, 3.05) is 5.73 Å². The highest BCUT2D eigenvalue weighted by molar-refractivity contribution is 5.92. The monoisotopic (exact) mass is 270 g/mol. The van der Waals surface area contributed by atoms with Crippen molar-refractivity contribution in [1.29, 1.82) is 0 Å². The summed E-state index contributed by atoms with van der Waals surface area (Å²) in [6.07, 6.45) is 3.95. The van der Waals surface area contributed by atoms with Crippen molar-refractivity contribution in [3.8, 4) is 0 Å². The Kier molecular flexibility index (Phi) is 3.18. The topological polar surface area (TPSA) is 64.2 Å². The minimum absolute atomic E-state index is 0.00456. The lowest BCUT2D eigenvalue weighted by Gasteiger charge is -2.21. The van der Waals surface area contributed by atoms with Gasteiger partial charge in [-0.1, -0.05) is 12.1 Å². The van der Waals surface area contributed by atoms with Crippen LogP contribution in [0.15, 0.2) is 36.5 Å². The Morgan fingerprint density at radius 2 is 2.05 bits per heavy atom. The molecule has 0 atom stereocenters. The third kappa shape index (κ3) is 2.66. The highest BCUT2D eigenvalue weighted by atomic mass is 16.2. The Balaban J connectivity index is 1.79. The van der Waals surface area contributed by atoms with Gasteiger partial charge in [0.05, 0.1) is 0 Å². The van der Waals surface area contributed by atoms with Crippen molar-refractivity contribution < 1.29 is 4.79 Å². The predicted molar refractivity (Wildman–Crippen MR) is 77.0 cm³/mol. The summed E-state index contributed by atoms with van der Waals surface area (Å²) in [7, 11) is 1.82. The molecule has 104 valence electrons. The standard InChI is InChI=1S/C15H18N4O/c1-18-9-8-14(17-18)15(20)19(13-6-7-13)10-11-2-4-12(16)5-3-11/h2-5,8-9,13H,6-7,10,16H2,1H3. The second-order valence-corrected chi connectivity index (χ2v) is 5.28. The van der Waals surface area contributed by atoms with Gasteiger partial charge in [0.25, 0.3) is 5.91 Å². The first kappa shape index (κ1) is 12.7. The molecule has 1 saturated carbocycles. The normalized spacial score (nSPS) is 14.2. The van der Waals surface area contributed by atoms with Gasteiger partial charge in [-0.3, -0.25) is 9.48 Å². The molecule has 1 heterocycles. The van der Waals surface area contributed by atoms with Crippen LogP contribution >= 0.6 is 0 Å². The van der Waals surface area contributed by atoms with Crippen molar-refractivity contribution in [2.24, 2.45) is 7.05 Å². The van der Waals surface area contributed by atoms with E-state index in [4.69, 9.17) is 5.73 Å². The van der Waals surface area contributed by atoms with Gasteiger partial charge in [0.2, 0.25) is 0 Å². The third-order valence-electron chi connectivity index (χ3n) is 3.51. The minimum atomic E-state index is 0.00456. The molecule has 2 aromatic rings. The summed E-state index contributed by atoms with van der Waals surface area (Å²) < 4.78 is 1.65. The number of hydrogen-bond acceptors (Lipinski definition) is 3. The Morgan fingerprint density at radius 3 is 2.60 bits per heavy atom. The summed E-state index contributed by atoms with van der Waals surface area (Å²) in [6, 6.07) is 9.78. The Morgan fingerprint density at radius 1 is 1.35 bits per heavy atom. The zero-order chi connectivity index (χ0) is 14.1. The Bertz CT molecular complexity index is 613. The van der Waals surface area contributed by atoms with Gasteiger partial charge in [0, 0.05) is 31.5 Å². The fraction of sp³-hybridized carbons (Fsp3) is 0.333. The van der Waals surface area contributed by atoms with Gasteiger partial charge in [-0.15, -0.1) is 0 Å². The number of rotatable bonds is 4. The summed E-state index contributed by atoms with van der Waals surface area (Å²) in [5.74, 6) is 0.00456. The van der Waals surface area contributed by atoms with Gasteiger partial charge in [-0.25, -0.2) is 0 Å². The van der Waals surface area contributed by atoms with E-state index in [1.54, 1.807) is 16.9 Å². The van der Waals surface area contributed by atoms with E-state index in [-0.39, 0.29) is 5.91 Å². The molecule has 0 saturated heterocycles. The van der Waals surface area contributed by atoms with E-state index < -0.39 is 0 Å². The lowest BCUT2D eigenvalue weighted by molar-refractivity contribution is 0.0723. The molecule has 0 aliphatic heterocycles. The van der Waals surface area contributed by atoms with Crippen LogP contribution in [-0.4, -0.2) is 26.6 Å². The SMILES string of the molecule is Cn1ccc(C(=O)N(Cc2ccc(N)cc2)C2CC2)n1. The Hall–Kier alpha value is -2.30. The number of hydrogen-bond donors (Lipinski definition) is 1. The molecule has 0 radical (unpaired) electrons. The molecule has 0 bridgehead atoms. The van der Waals surface area contributed by atoms with Gasteiger partial charge >= 0.3 is 0 Å².